The summed E-state index contributed by atoms with van der Waals surface area (Å²) >= 11 is 0. The first-order valence-corrected chi connectivity index (χ1v) is 7.96. The van der Waals surface area contributed by atoms with Gasteiger partial charge in [-0.3, -0.25) is 4.79 Å². The van der Waals surface area contributed by atoms with Gasteiger partial charge in [-0.25, -0.2) is 9.37 Å². The van der Waals surface area contributed by atoms with Gasteiger partial charge in [0.2, 0.25) is 5.82 Å². The fourth-order valence-corrected chi connectivity index (χ4v) is 3.14. The molecule has 1 aliphatic rings. The molecule has 1 aliphatic heterocycles. The van der Waals surface area contributed by atoms with Gasteiger partial charge in [0.15, 0.2) is 0 Å². The summed E-state index contributed by atoms with van der Waals surface area (Å²) in [5.41, 5.74) is 1.95. The lowest BCUT2D eigenvalue weighted by molar-refractivity contribution is 0.0702. The highest BCUT2D eigenvalue weighted by Gasteiger charge is 2.37. The molecule has 0 bridgehead atoms. The molecule has 0 spiro atoms. The number of aliphatic hydroxyl groups excluding tert-OH is 1. The zero-order valence-electron chi connectivity index (χ0n) is 13.2. The van der Waals surface area contributed by atoms with Crippen molar-refractivity contribution in [3.05, 3.63) is 65.7 Å². The Kier molecular flexibility index (Phi) is 3.85. The minimum absolute atomic E-state index is 0.0140. The molecule has 126 valence electrons. The van der Waals surface area contributed by atoms with Crippen molar-refractivity contribution in [2.24, 2.45) is 0 Å². The summed E-state index contributed by atoms with van der Waals surface area (Å²) in [6.45, 7) is 0.178. The molecule has 7 heteroatoms. The number of aromatic nitrogens is 3. The second-order valence-electron chi connectivity index (χ2n) is 6.04. The van der Waals surface area contributed by atoms with Crippen molar-refractivity contribution in [2.45, 2.75) is 18.6 Å². The fraction of sp³-hybridized carbons (Fsp3) is 0.222. The number of para-hydroxylation sites is 1. The molecule has 4 rings (SSSR count). The third kappa shape index (κ3) is 2.94. The summed E-state index contributed by atoms with van der Waals surface area (Å²) in [5, 5.41) is 18.0. The van der Waals surface area contributed by atoms with Crippen LogP contribution in [0.2, 0.25) is 0 Å². The molecular weight excluding hydrogens is 323 g/mol. The molecule has 0 saturated carbocycles. The minimum Gasteiger partial charge on any atom is -0.391 e. The summed E-state index contributed by atoms with van der Waals surface area (Å²) in [5.74, 6) is -0.758. The van der Waals surface area contributed by atoms with Crippen molar-refractivity contribution < 1.29 is 14.3 Å². The molecule has 2 atom stereocenters. The van der Waals surface area contributed by atoms with E-state index in [0.29, 0.717) is 17.5 Å². The molecule has 6 nitrogen and oxygen atoms in total. The molecule has 25 heavy (non-hydrogen) atoms. The van der Waals surface area contributed by atoms with Crippen LogP contribution in [0.15, 0.2) is 48.5 Å². The van der Waals surface area contributed by atoms with E-state index in [0.717, 1.165) is 5.56 Å². The molecule has 1 fully saturated rings. The van der Waals surface area contributed by atoms with Crippen LogP contribution in [0.5, 0.6) is 0 Å². The predicted molar refractivity (Wildman–Crippen MR) is 88.1 cm³/mol. The van der Waals surface area contributed by atoms with Crippen LogP contribution in [0, 0.1) is 5.82 Å². The highest BCUT2D eigenvalue weighted by Crippen LogP contribution is 2.33. The largest absolute Gasteiger partial charge is 0.391 e. The Hall–Kier alpha value is -2.93. The minimum atomic E-state index is -0.646. The number of nitrogens with zero attached hydrogens (tertiary/aromatic N) is 4. The van der Waals surface area contributed by atoms with Crippen LogP contribution in [-0.4, -0.2) is 43.7 Å². The maximum absolute atomic E-state index is 13.2. The van der Waals surface area contributed by atoms with Gasteiger partial charge < -0.3 is 10.0 Å². The quantitative estimate of drug-likeness (QED) is 0.774. The van der Waals surface area contributed by atoms with Gasteiger partial charge in [0.05, 0.1) is 17.7 Å². The van der Waals surface area contributed by atoms with Gasteiger partial charge in [-0.1, -0.05) is 24.3 Å². The molecule has 3 aromatic rings. The molecule has 2 heterocycles. The van der Waals surface area contributed by atoms with Crippen LogP contribution >= 0.6 is 0 Å². The summed E-state index contributed by atoms with van der Waals surface area (Å²) in [6, 6.07) is 12.7. The van der Waals surface area contributed by atoms with Gasteiger partial charge in [0.1, 0.15) is 11.3 Å². The van der Waals surface area contributed by atoms with Crippen molar-refractivity contribution in [3.8, 4) is 0 Å². The lowest BCUT2D eigenvalue weighted by Gasteiger charge is -2.23. The van der Waals surface area contributed by atoms with E-state index in [1.54, 1.807) is 24.3 Å². The normalized spacial score (nSPS) is 20.2. The SMILES string of the molecule is O=C(c1nnc2ccccc2n1)N1C[C@H](O)C[C@H]1c1ccc(F)cc1. The summed E-state index contributed by atoms with van der Waals surface area (Å²) in [7, 11) is 0. The first-order valence-electron chi connectivity index (χ1n) is 7.96. The third-order valence-electron chi connectivity index (χ3n) is 4.35. The van der Waals surface area contributed by atoms with Gasteiger partial charge in [0, 0.05) is 6.54 Å². The van der Waals surface area contributed by atoms with Crippen LogP contribution in [0.4, 0.5) is 4.39 Å². The lowest BCUT2D eigenvalue weighted by atomic mass is 10.0. The van der Waals surface area contributed by atoms with E-state index >= 15 is 0 Å². The van der Waals surface area contributed by atoms with Gasteiger partial charge in [-0.05, 0) is 36.2 Å². The number of likely N-dealkylation sites (tertiary alicyclic amines) is 1. The zero-order chi connectivity index (χ0) is 17.4. The molecule has 1 N–H and O–H groups in total. The lowest BCUT2D eigenvalue weighted by Crippen LogP contribution is -2.33. The van der Waals surface area contributed by atoms with Gasteiger partial charge in [-0.2, -0.15) is 0 Å². The number of amides is 1. The Morgan fingerprint density at radius 2 is 1.80 bits per heavy atom. The van der Waals surface area contributed by atoms with Crippen LogP contribution in [0.3, 0.4) is 0 Å². The molecule has 0 aliphatic carbocycles. The Morgan fingerprint density at radius 3 is 2.56 bits per heavy atom. The van der Waals surface area contributed by atoms with E-state index in [4.69, 9.17) is 0 Å². The number of carbonyl (C=O) groups excluding carboxylic acids is 1. The standard InChI is InChI=1S/C18H15FN4O2/c19-12-7-5-11(6-8-12)16-9-13(24)10-23(16)18(25)17-20-14-3-1-2-4-15(14)21-22-17/h1-8,13,16,24H,9-10H2/t13-,16+/m1/s1. The maximum atomic E-state index is 13.2. The van der Waals surface area contributed by atoms with Crippen molar-refractivity contribution in [2.75, 3.05) is 6.54 Å². The van der Waals surface area contributed by atoms with Crippen LogP contribution in [-0.2, 0) is 0 Å². The number of carbonyl (C=O) groups is 1. The van der Waals surface area contributed by atoms with E-state index in [1.165, 1.54) is 17.0 Å². The second-order valence-corrected chi connectivity index (χ2v) is 6.04. The van der Waals surface area contributed by atoms with E-state index in [-0.39, 0.29) is 24.2 Å². The molecule has 2 aromatic carbocycles. The average molecular weight is 338 g/mol. The average Bonchev–Trinajstić information content (AvgIpc) is 3.03. The molecule has 1 aromatic heterocycles. The van der Waals surface area contributed by atoms with E-state index in [1.807, 2.05) is 12.1 Å². The van der Waals surface area contributed by atoms with Gasteiger partial charge in [0.25, 0.3) is 5.91 Å². The third-order valence-corrected chi connectivity index (χ3v) is 4.35. The Labute approximate surface area is 142 Å². The first-order chi connectivity index (χ1) is 12.1. The highest BCUT2D eigenvalue weighted by molar-refractivity contribution is 5.92. The Morgan fingerprint density at radius 1 is 1.08 bits per heavy atom. The fourth-order valence-electron chi connectivity index (χ4n) is 3.14. The van der Waals surface area contributed by atoms with E-state index < -0.39 is 12.0 Å². The smallest absolute Gasteiger partial charge is 0.294 e. The summed E-state index contributed by atoms with van der Waals surface area (Å²) in [4.78, 5) is 18.7. The summed E-state index contributed by atoms with van der Waals surface area (Å²) < 4.78 is 13.2. The molecule has 1 amide bonds. The maximum Gasteiger partial charge on any atom is 0.294 e. The molecule has 0 radical (unpaired) electrons. The van der Waals surface area contributed by atoms with E-state index in [2.05, 4.69) is 15.2 Å². The van der Waals surface area contributed by atoms with Crippen molar-refractivity contribution >= 4 is 16.9 Å². The van der Waals surface area contributed by atoms with Crippen LogP contribution in [0.1, 0.15) is 28.6 Å². The number of rotatable bonds is 2. The predicted octanol–water partition coefficient (Wildman–Crippen LogP) is 2.11. The van der Waals surface area contributed by atoms with Crippen LogP contribution < -0.4 is 0 Å². The number of hydrogen-bond acceptors (Lipinski definition) is 5. The molecular formula is C18H15FN4O2. The Balaban J connectivity index is 1.67. The number of hydrogen-bond donors (Lipinski definition) is 1. The van der Waals surface area contributed by atoms with Gasteiger partial charge in [-0.15, -0.1) is 10.2 Å². The highest BCUT2D eigenvalue weighted by atomic mass is 19.1. The van der Waals surface area contributed by atoms with Crippen LogP contribution in [0.25, 0.3) is 11.0 Å². The molecule has 0 unspecified atom stereocenters. The summed E-state index contributed by atoms with van der Waals surface area (Å²) in [6.07, 6.45) is -0.259. The number of β-amino-alcohol motifs (C(OH)–C–C–N with tert-alkyl or cyclic N) is 1. The number of fused-ring (bicyclic) bond motifs is 1. The van der Waals surface area contributed by atoms with Gasteiger partial charge >= 0.3 is 0 Å². The first kappa shape index (κ1) is 15.6. The number of halogens is 1. The van der Waals surface area contributed by atoms with Crippen molar-refractivity contribution in [1.29, 1.82) is 0 Å². The zero-order valence-corrected chi connectivity index (χ0v) is 13.2. The topological polar surface area (TPSA) is 79.2 Å². The molecule has 1 saturated heterocycles. The van der Waals surface area contributed by atoms with E-state index in [9.17, 15) is 14.3 Å². The van der Waals surface area contributed by atoms with Crippen molar-refractivity contribution in [1.82, 2.24) is 20.1 Å². The number of benzene rings is 2. The Bertz CT molecular complexity index is 932. The number of aliphatic hydroxyl groups is 1. The second kappa shape index (κ2) is 6.18. The monoisotopic (exact) mass is 338 g/mol. The van der Waals surface area contributed by atoms with Crippen molar-refractivity contribution in [3.63, 3.8) is 0 Å².